The van der Waals surface area contributed by atoms with Gasteiger partial charge >= 0.3 is 5.97 Å². The summed E-state index contributed by atoms with van der Waals surface area (Å²) in [5.41, 5.74) is 6.00. The van der Waals surface area contributed by atoms with Gasteiger partial charge in [0.15, 0.2) is 0 Å². The molecule has 0 radical (unpaired) electrons. The van der Waals surface area contributed by atoms with Gasteiger partial charge in [-0.3, -0.25) is 18.8 Å². The molecule has 0 bridgehead atoms. The summed E-state index contributed by atoms with van der Waals surface area (Å²) in [6.45, 7) is -0.355. The van der Waals surface area contributed by atoms with Gasteiger partial charge in [-0.2, -0.15) is 4.72 Å². The topological polar surface area (TPSA) is 160 Å². The van der Waals surface area contributed by atoms with Crippen molar-refractivity contribution in [2.45, 2.75) is 17.5 Å². The van der Waals surface area contributed by atoms with Crippen LogP contribution in [0.3, 0.4) is 0 Å². The Morgan fingerprint density at radius 1 is 1.06 bits per heavy atom. The third-order valence-electron chi connectivity index (χ3n) is 4.51. The number of amides is 1. The number of nitrogens with one attached hydrogen (secondary N) is 2. The fraction of sp³-hybridized carbons (Fsp3) is 0.150. The number of nitrogens with two attached hydrogens (primary N) is 1. The minimum atomic E-state index is -4.12. The van der Waals surface area contributed by atoms with Crippen molar-refractivity contribution < 1.29 is 23.1 Å². The zero-order valence-electron chi connectivity index (χ0n) is 16.2. The SMILES string of the molecule is NCc1ccc2ccc(C(=O)NCC(NS(=O)(=O)c3ccccc3)C(=O)O)c(=O)n2c1. The molecule has 3 aromatic rings. The van der Waals surface area contributed by atoms with E-state index in [1.807, 2.05) is 4.72 Å². The van der Waals surface area contributed by atoms with Gasteiger partial charge in [0.05, 0.1) is 4.90 Å². The van der Waals surface area contributed by atoms with Gasteiger partial charge in [-0.25, -0.2) is 8.42 Å². The minimum absolute atomic E-state index is 0.115. The Kier molecular flexibility index (Phi) is 6.49. The molecule has 1 unspecified atom stereocenters. The van der Waals surface area contributed by atoms with Crippen molar-refractivity contribution in [3.8, 4) is 0 Å². The number of benzene rings is 1. The van der Waals surface area contributed by atoms with Gasteiger partial charge < -0.3 is 16.2 Å². The first-order valence-electron chi connectivity index (χ1n) is 9.15. The lowest BCUT2D eigenvalue weighted by Gasteiger charge is -2.15. The number of fused-ring (bicyclic) bond motifs is 1. The summed E-state index contributed by atoms with van der Waals surface area (Å²) in [5.74, 6) is -2.31. The number of rotatable bonds is 8. The second-order valence-electron chi connectivity index (χ2n) is 6.62. The van der Waals surface area contributed by atoms with Crippen molar-refractivity contribution in [3.05, 3.63) is 82.3 Å². The molecule has 0 saturated carbocycles. The number of hydrogen-bond acceptors (Lipinski definition) is 6. The van der Waals surface area contributed by atoms with Crippen LogP contribution in [-0.4, -0.2) is 42.4 Å². The Morgan fingerprint density at radius 3 is 2.39 bits per heavy atom. The maximum absolute atomic E-state index is 12.7. The monoisotopic (exact) mass is 444 g/mol. The molecule has 1 atom stereocenters. The van der Waals surface area contributed by atoms with Crippen LogP contribution < -0.4 is 21.3 Å². The van der Waals surface area contributed by atoms with E-state index in [0.29, 0.717) is 11.1 Å². The highest BCUT2D eigenvalue weighted by Gasteiger charge is 2.26. The number of sulfonamides is 1. The fourth-order valence-electron chi connectivity index (χ4n) is 2.86. The van der Waals surface area contributed by atoms with Crippen LogP contribution >= 0.6 is 0 Å². The highest BCUT2D eigenvalue weighted by molar-refractivity contribution is 7.89. The molecule has 0 aliphatic heterocycles. The Labute approximate surface area is 177 Å². The van der Waals surface area contributed by atoms with Crippen molar-refractivity contribution in [2.75, 3.05) is 6.54 Å². The highest BCUT2D eigenvalue weighted by Crippen LogP contribution is 2.08. The average molecular weight is 444 g/mol. The van der Waals surface area contributed by atoms with Gasteiger partial charge in [0, 0.05) is 24.8 Å². The molecular weight excluding hydrogens is 424 g/mol. The van der Waals surface area contributed by atoms with E-state index in [2.05, 4.69) is 5.32 Å². The third-order valence-corrected chi connectivity index (χ3v) is 5.99. The standard InChI is InChI=1S/C20H20N4O6S/c21-10-13-6-7-14-8-9-16(19(26)24(14)12-13)18(25)22-11-17(20(27)28)23-31(29,30)15-4-2-1-3-5-15/h1-9,12,17,23H,10-11,21H2,(H,22,25)(H,27,28). The normalized spacial score (nSPS) is 12.4. The van der Waals surface area contributed by atoms with E-state index in [4.69, 9.17) is 5.73 Å². The maximum atomic E-state index is 12.7. The predicted octanol–water partition coefficient (Wildman–Crippen LogP) is -0.0803. The zero-order chi connectivity index (χ0) is 22.6. The highest BCUT2D eigenvalue weighted by atomic mass is 32.2. The van der Waals surface area contributed by atoms with Crippen molar-refractivity contribution in [2.24, 2.45) is 5.73 Å². The van der Waals surface area contributed by atoms with Crippen LogP contribution in [0.15, 0.2) is 70.5 Å². The molecular formula is C20H20N4O6S. The quantitative estimate of drug-likeness (QED) is 0.378. The van der Waals surface area contributed by atoms with Crippen LogP contribution in [0, 0.1) is 0 Å². The van der Waals surface area contributed by atoms with E-state index in [9.17, 15) is 27.9 Å². The smallest absolute Gasteiger partial charge is 0.323 e. The van der Waals surface area contributed by atoms with Crippen molar-refractivity contribution in [1.29, 1.82) is 0 Å². The zero-order valence-corrected chi connectivity index (χ0v) is 17.0. The Balaban J connectivity index is 1.78. The van der Waals surface area contributed by atoms with Gasteiger partial charge in [-0.1, -0.05) is 24.3 Å². The first kappa shape index (κ1) is 22.2. The molecule has 0 aliphatic carbocycles. The molecule has 0 fully saturated rings. The Bertz CT molecular complexity index is 1290. The second kappa shape index (κ2) is 9.08. The van der Waals surface area contributed by atoms with Crippen LogP contribution in [0.5, 0.6) is 0 Å². The first-order chi connectivity index (χ1) is 14.7. The molecule has 11 heteroatoms. The van der Waals surface area contributed by atoms with E-state index in [-0.39, 0.29) is 17.0 Å². The molecule has 5 N–H and O–H groups in total. The largest absolute Gasteiger partial charge is 0.480 e. The molecule has 10 nitrogen and oxygen atoms in total. The number of carbonyl (C=O) groups is 2. The summed E-state index contributed by atoms with van der Waals surface area (Å²) in [6, 6.07) is 11.9. The van der Waals surface area contributed by atoms with Gasteiger partial charge in [-0.05, 0) is 35.9 Å². The van der Waals surface area contributed by atoms with Crippen LogP contribution in [0.4, 0.5) is 0 Å². The number of carbonyl (C=O) groups excluding carboxylic acids is 1. The lowest BCUT2D eigenvalue weighted by molar-refractivity contribution is -0.138. The predicted molar refractivity (Wildman–Crippen MR) is 112 cm³/mol. The number of carboxylic acids is 1. The summed E-state index contributed by atoms with van der Waals surface area (Å²) in [6.07, 6.45) is 1.52. The third kappa shape index (κ3) is 4.97. The molecule has 2 aromatic heterocycles. The Hall–Kier alpha value is -3.54. The van der Waals surface area contributed by atoms with Crippen molar-refractivity contribution in [1.82, 2.24) is 14.4 Å². The number of nitrogens with zero attached hydrogens (tertiary/aromatic N) is 1. The summed E-state index contributed by atoms with van der Waals surface area (Å²) < 4.78 is 28.0. The van der Waals surface area contributed by atoms with E-state index in [1.54, 1.807) is 24.3 Å². The number of aliphatic carboxylic acids is 1. The van der Waals surface area contributed by atoms with E-state index in [0.717, 1.165) is 0 Å². The summed E-state index contributed by atoms with van der Waals surface area (Å²) in [4.78, 5) is 36.6. The molecule has 0 saturated heterocycles. The first-order valence-corrected chi connectivity index (χ1v) is 10.6. The molecule has 0 spiro atoms. The minimum Gasteiger partial charge on any atom is -0.480 e. The second-order valence-corrected chi connectivity index (χ2v) is 8.34. The molecule has 1 amide bonds. The summed E-state index contributed by atoms with van der Waals surface area (Å²) >= 11 is 0. The fourth-order valence-corrected chi connectivity index (χ4v) is 4.07. The molecule has 1 aromatic carbocycles. The van der Waals surface area contributed by atoms with Crippen molar-refractivity contribution in [3.63, 3.8) is 0 Å². The average Bonchev–Trinajstić information content (AvgIpc) is 2.77. The van der Waals surface area contributed by atoms with Crippen LogP contribution in [0.2, 0.25) is 0 Å². The van der Waals surface area contributed by atoms with Gasteiger partial charge in [-0.15, -0.1) is 0 Å². The summed E-state index contributed by atoms with van der Waals surface area (Å²) in [7, 11) is -4.12. The van der Waals surface area contributed by atoms with E-state index in [1.165, 1.54) is 40.9 Å². The number of carboxylic acid groups (broad SMARTS) is 1. The lowest BCUT2D eigenvalue weighted by Crippen LogP contribution is -2.48. The van der Waals surface area contributed by atoms with E-state index < -0.39 is 40.0 Å². The van der Waals surface area contributed by atoms with Gasteiger partial charge in [0.2, 0.25) is 10.0 Å². The molecule has 162 valence electrons. The molecule has 2 heterocycles. The van der Waals surface area contributed by atoms with Crippen LogP contribution in [-0.2, 0) is 21.4 Å². The van der Waals surface area contributed by atoms with Crippen LogP contribution in [0.1, 0.15) is 15.9 Å². The van der Waals surface area contributed by atoms with Crippen molar-refractivity contribution >= 4 is 27.4 Å². The van der Waals surface area contributed by atoms with Gasteiger partial charge in [0.1, 0.15) is 11.6 Å². The molecule has 3 rings (SSSR count). The molecule has 0 aliphatic rings. The number of pyridine rings is 2. The lowest BCUT2D eigenvalue weighted by atomic mass is 10.2. The number of hydrogen-bond donors (Lipinski definition) is 4. The number of aromatic nitrogens is 1. The van der Waals surface area contributed by atoms with E-state index >= 15 is 0 Å². The van der Waals surface area contributed by atoms with Gasteiger partial charge in [0.25, 0.3) is 11.5 Å². The maximum Gasteiger partial charge on any atom is 0.323 e. The van der Waals surface area contributed by atoms with Crippen LogP contribution in [0.25, 0.3) is 5.52 Å². The summed E-state index contributed by atoms with van der Waals surface area (Å²) in [5, 5.41) is 11.7. The Morgan fingerprint density at radius 2 is 1.74 bits per heavy atom. The molecule has 31 heavy (non-hydrogen) atoms.